The number of rotatable bonds is 3. The van der Waals surface area contributed by atoms with Gasteiger partial charge in [0, 0.05) is 29.9 Å². The zero-order chi connectivity index (χ0) is 21.3. The van der Waals surface area contributed by atoms with Gasteiger partial charge in [0.2, 0.25) is 0 Å². The van der Waals surface area contributed by atoms with Gasteiger partial charge in [-0.05, 0) is 31.9 Å². The van der Waals surface area contributed by atoms with E-state index in [1.54, 1.807) is 19.3 Å². The van der Waals surface area contributed by atoms with Gasteiger partial charge in [0.1, 0.15) is 23.1 Å². The Balaban J connectivity index is 1.52. The smallest absolute Gasteiger partial charge is 0.326 e. The zero-order valence-electron chi connectivity index (χ0n) is 16.9. The van der Waals surface area contributed by atoms with E-state index in [0.29, 0.717) is 39.6 Å². The van der Waals surface area contributed by atoms with Gasteiger partial charge in [-0.1, -0.05) is 0 Å². The summed E-state index contributed by atoms with van der Waals surface area (Å²) in [6, 6.07) is 3.12. The normalized spacial score (nSPS) is 22.7. The molecule has 31 heavy (non-hydrogen) atoms. The number of aromatic amines is 1. The summed E-state index contributed by atoms with van der Waals surface area (Å²) in [5.74, 6) is 1.34. The fraction of sp³-hybridized carbons (Fsp3) is 0.333. The van der Waals surface area contributed by atoms with Gasteiger partial charge in [-0.15, -0.1) is 0 Å². The standard InChI is InChI=1S/C21H21FN8O/c1-10-25-7-12(8-26-10)31-20-28-18-16(13-4-11(22)5-14(23)17(13)27-18)19(29-20)30-3-2-21(9-30)6-15(21)24/h4-5,7-8,15H,2-3,6,9,23-24H2,1H3,(H,27,28,29)/t15-,21-/m0/s1. The van der Waals surface area contributed by atoms with Gasteiger partial charge in [-0.3, -0.25) is 0 Å². The summed E-state index contributed by atoms with van der Waals surface area (Å²) in [6.45, 7) is 3.40. The molecule has 4 heterocycles. The van der Waals surface area contributed by atoms with E-state index in [1.165, 1.54) is 12.1 Å². The number of ether oxygens (including phenoxy) is 1. The molecule has 2 atom stereocenters. The van der Waals surface area contributed by atoms with Crippen molar-refractivity contribution in [1.29, 1.82) is 0 Å². The highest BCUT2D eigenvalue weighted by Gasteiger charge is 2.55. The van der Waals surface area contributed by atoms with E-state index in [2.05, 4.69) is 24.8 Å². The first-order valence-electron chi connectivity index (χ1n) is 10.2. The number of fused-ring (bicyclic) bond motifs is 3. The number of nitrogens with one attached hydrogen (secondary N) is 1. The number of halogens is 1. The van der Waals surface area contributed by atoms with Crippen LogP contribution < -0.4 is 21.1 Å². The summed E-state index contributed by atoms with van der Waals surface area (Å²) in [4.78, 5) is 22.9. The average molecular weight is 420 g/mol. The van der Waals surface area contributed by atoms with Gasteiger partial charge in [-0.2, -0.15) is 9.97 Å². The molecule has 0 amide bonds. The lowest BCUT2D eigenvalue weighted by Crippen LogP contribution is -2.24. The third-order valence-corrected chi connectivity index (χ3v) is 6.42. The van der Waals surface area contributed by atoms with Crippen molar-refractivity contribution in [1.82, 2.24) is 24.9 Å². The van der Waals surface area contributed by atoms with Crippen LogP contribution in [0, 0.1) is 18.2 Å². The molecule has 1 saturated carbocycles. The van der Waals surface area contributed by atoms with Crippen molar-refractivity contribution in [3.63, 3.8) is 0 Å². The molecule has 1 saturated heterocycles. The second-order valence-corrected chi connectivity index (χ2v) is 8.51. The molecule has 1 aliphatic carbocycles. The van der Waals surface area contributed by atoms with Crippen LogP contribution in [0.5, 0.6) is 11.8 Å². The first-order valence-corrected chi connectivity index (χ1v) is 10.2. The van der Waals surface area contributed by atoms with E-state index in [0.717, 1.165) is 31.3 Å². The quantitative estimate of drug-likeness (QED) is 0.431. The van der Waals surface area contributed by atoms with Gasteiger partial charge in [0.05, 0.1) is 29.0 Å². The Bertz CT molecular complexity index is 1340. The van der Waals surface area contributed by atoms with Crippen LogP contribution in [0.3, 0.4) is 0 Å². The first kappa shape index (κ1) is 18.3. The molecule has 2 aliphatic rings. The second kappa shape index (κ2) is 6.24. The van der Waals surface area contributed by atoms with Gasteiger partial charge in [-0.25, -0.2) is 14.4 Å². The van der Waals surface area contributed by atoms with Crippen molar-refractivity contribution in [2.75, 3.05) is 23.7 Å². The molecular weight excluding hydrogens is 399 g/mol. The van der Waals surface area contributed by atoms with Crippen LogP contribution in [-0.4, -0.2) is 44.1 Å². The minimum absolute atomic E-state index is 0.138. The zero-order valence-corrected chi connectivity index (χ0v) is 16.9. The number of H-pyrrole nitrogens is 1. The first-order chi connectivity index (χ1) is 14.9. The topological polar surface area (TPSA) is 132 Å². The average Bonchev–Trinajstić information content (AvgIpc) is 3.04. The van der Waals surface area contributed by atoms with Crippen LogP contribution in [0.1, 0.15) is 18.7 Å². The molecule has 0 radical (unpaired) electrons. The van der Waals surface area contributed by atoms with Crippen LogP contribution in [0.4, 0.5) is 15.9 Å². The molecule has 158 valence electrons. The van der Waals surface area contributed by atoms with Crippen molar-refractivity contribution in [2.24, 2.45) is 11.1 Å². The largest absolute Gasteiger partial charge is 0.421 e. The lowest BCUT2D eigenvalue weighted by atomic mass is 10.1. The van der Waals surface area contributed by atoms with Crippen LogP contribution in [-0.2, 0) is 0 Å². The molecule has 3 aromatic heterocycles. The minimum atomic E-state index is -0.406. The van der Waals surface area contributed by atoms with Gasteiger partial charge in [0.25, 0.3) is 0 Å². The third-order valence-electron chi connectivity index (χ3n) is 6.42. The van der Waals surface area contributed by atoms with E-state index < -0.39 is 5.82 Å². The number of nitrogen functional groups attached to an aromatic ring is 1. The Hall–Kier alpha value is -3.53. The summed E-state index contributed by atoms with van der Waals surface area (Å²) < 4.78 is 20.0. The number of nitrogens with two attached hydrogens (primary N) is 2. The SMILES string of the molecule is Cc1ncc(Oc2nc(N3CC[C@]4(C[C@@H]4N)C3)c3c(n2)[nH]c2c(N)cc(F)cc23)cn1. The molecule has 2 fully saturated rings. The van der Waals surface area contributed by atoms with Gasteiger partial charge in [0.15, 0.2) is 5.75 Å². The predicted molar refractivity (Wildman–Crippen MR) is 114 cm³/mol. The maximum atomic E-state index is 14.2. The van der Waals surface area contributed by atoms with Crippen LogP contribution >= 0.6 is 0 Å². The number of anilines is 2. The number of nitrogens with zero attached hydrogens (tertiary/aromatic N) is 5. The summed E-state index contributed by atoms with van der Waals surface area (Å²) in [5, 5.41) is 1.37. The van der Waals surface area contributed by atoms with Crippen LogP contribution in [0.15, 0.2) is 24.5 Å². The number of hydrogen-bond donors (Lipinski definition) is 3. The summed E-state index contributed by atoms with van der Waals surface area (Å²) in [6.07, 6.45) is 5.15. The Morgan fingerprint density at radius 2 is 2.03 bits per heavy atom. The molecule has 1 aromatic carbocycles. The fourth-order valence-corrected chi connectivity index (χ4v) is 4.59. The van der Waals surface area contributed by atoms with Crippen molar-refractivity contribution in [2.45, 2.75) is 25.8 Å². The van der Waals surface area contributed by atoms with Crippen LogP contribution in [0.25, 0.3) is 21.9 Å². The fourth-order valence-electron chi connectivity index (χ4n) is 4.59. The third kappa shape index (κ3) is 2.86. The van der Waals surface area contributed by atoms with E-state index in [-0.39, 0.29) is 17.5 Å². The summed E-state index contributed by atoms with van der Waals surface area (Å²) >= 11 is 0. The van der Waals surface area contributed by atoms with Crippen molar-refractivity contribution in [3.8, 4) is 11.8 Å². The highest BCUT2D eigenvalue weighted by Crippen LogP contribution is 2.53. The lowest BCUT2D eigenvalue weighted by Gasteiger charge is -2.19. The van der Waals surface area contributed by atoms with Gasteiger partial charge >= 0.3 is 6.01 Å². The lowest BCUT2D eigenvalue weighted by molar-refractivity contribution is 0.439. The Kier molecular flexibility index (Phi) is 3.67. The Morgan fingerprint density at radius 1 is 1.26 bits per heavy atom. The van der Waals surface area contributed by atoms with Crippen molar-refractivity contribution >= 4 is 33.4 Å². The maximum Gasteiger partial charge on any atom is 0.326 e. The van der Waals surface area contributed by atoms with E-state index >= 15 is 0 Å². The molecule has 1 aliphatic heterocycles. The van der Waals surface area contributed by atoms with E-state index in [9.17, 15) is 4.39 Å². The van der Waals surface area contributed by atoms with Crippen LogP contribution in [0.2, 0.25) is 0 Å². The van der Waals surface area contributed by atoms with Crippen molar-refractivity contribution in [3.05, 3.63) is 36.2 Å². The molecule has 0 bridgehead atoms. The Labute approximate surface area is 176 Å². The highest BCUT2D eigenvalue weighted by molar-refractivity contribution is 6.14. The Morgan fingerprint density at radius 3 is 2.74 bits per heavy atom. The molecule has 10 heteroatoms. The molecule has 0 unspecified atom stereocenters. The van der Waals surface area contributed by atoms with E-state index in [1.807, 2.05) is 0 Å². The highest BCUT2D eigenvalue weighted by atomic mass is 19.1. The molecule has 9 nitrogen and oxygen atoms in total. The second-order valence-electron chi connectivity index (χ2n) is 8.51. The predicted octanol–water partition coefficient (Wildman–Crippen LogP) is 2.65. The number of aromatic nitrogens is 5. The van der Waals surface area contributed by atoms with Crippen molar-refractivity contribution < 1.29 is 9.13 Å². The summed E-state index contributed by atoms with van der Waals surface area (Å²) in [5.41, 5.74) is 13.9. The molecular formula is C21H21FN8O. The number of aryl methyl sites for hydroxylation is 1. The number of benzene rings is 1. The monoisotopic (exact) mass is 420 g/mol. The van der Waals surface area contributed by atoms with E-state index in [4.69, 9.17) is 21.2 Å². The molecule has 6 rings (SSSR count). The molecule has 5 N–H and O–H groups in total. The maximum absolute atomic E-state index is 14.2. The number of hydrogen-bond acceptors (Lipinski definition) is 8. The summed E-state index contributed by atoms with van der Waals surface area (Å²) in [7, 11) is 0. The van der Waals surface area contributed by atoms with Gasteiger partial charge < -0.3 is 26.1 Å². The minimum Gasteiger partial charge on any atom is -0.421 e. The molecule has 4 aromatic rings. The molecule has 1 spiro atoms.